The van der Waals surface area contributed by atoms with Crippen LogP contribution in [0.15, 0.2) is 60.7 Å². The summed E-state index contributed by atoms with van der Waals surface area (Å²) in [6, 6.07) is 17.5. The summed E-state index contributed by atoms with van der Waals surface area (Å²) in [5.41, 5.74) is 2.96. The molecule has 0 N–H and O–H groups in total. The molecule has 0 saturated heterocycles. The maximum Gasteiger partial charge on any atom is 0.333 e. The van der Waals surface area contributed by atoms with Crippen LogP contribution in [0.4, 0.5) is 0 Å². The maximum atomic E-state index is 11.7. The van der Waals surface area contributed by atoms with Gasteiger partial charge in [0.1, 0.15) is 11.9 Å². The summed E-state index contributed by atoms with van der Waals surface area (Å²) in [5.74, 6) is 0.336. The number of hydrogen-bond acceptors (Lipinski definition) is 4. The third-order valence-electron chi connectivity index (χ3n) is 4.20. The normalized spacial score (nSPS) is 11.3. The Bertz CT molecular complexity index is 821. The van der Waals surface area contributed by atoms with Crippen molar-refractivity contribution in [2.75, 3.05) is 6.61 Å². The summed E-state index contributed by atoms with van der Waals surface area (Å²) in [7, 11) is 0. The lowest BCUT2D eigenvalue weighted by molar-refractivity contribution is -0.144. The molecule has 0 heterocycles. The van der Waals surface area contributed by atoms with Gasteiger partial charge < -0.3 is 9.47 Å². The van der Waals surface area contributed by atoms with Crippen LogP contribution in [0.5, 0.6) is 5.75 Å². The molecule has 2 aromatic carbocycles. The second-order valence-electron chi connectivity index (χ2n) is 6.40. The van der Waals surface area contributed by atoms with E-state index in [4.69, 9.17) is 14.7 Å². The molecule has 0 bridgehead atoms. The Labute approximate surface area is 161 Å². The lowest BCUT2D eigenvalue weighted by atomic mass is 10.0. The first-order valence-electron chi connectivity index (χ1n) is 9.14. The fourth-order valence-corrected chi connectivity index (χ4v) is 2.66. The van der Waals surface area contributed by atoms with Gasteiger partial charge >= 0.3 is 5.97 Å². The van der Waals surface area contributed by atoms with Gasteiger partial charge in [0, 0.05) is 11.1 Å². The van der Waals surface area contributed by atoms with E-state index in [2.05, 4.69) is 12.6 Å². The minimum atomic E-state index is -0.351. The molecule has 4 heteroatoms. The number of nitriles is 1. The molecular formula is C23H25NO3. The summed E-state index contributed by atoms with van der Waals surface area (Å²) < 4.78 is 11.4. The number of hydrogen-bond donors (Lipinski definition) is 0. The third kappa shape index (κ3) is 6.00. The molecule has 27 heavy (non-hydrogen) atoms. The molecule has 2 aromatic rings. The van der Waals surface area contributed by atoms with Gasteiger partial charge in [-0.1, -0.05) is 43.8 Å². The number of carbonyl (C=O) groups is 1. The Hall–Kier alpha value is -3.06. The first-order chi connectivity index (χ1) is 13.0. The quantitative estimate of drug-likeness (QED) is 0.345. The van der Waals surface area contributed by atoms with E-state index in [-0.39, 0.29) is 12.1 Å². The minimum absolute atomic E-state index is 0.142. The van der Waals surface area contributed by atoms with Crippen molar-refractivity contribution in [3.8, 4) is 22.9 Å². The van der Waals surface area contributed by atoms with Gasteiger partial charge in [-0.15, -0.1) is 0 Å². The van der Waals surface area contributed by atoms with E-state index in [1.54, 1.807) is 19.1 Å². The highest BCUT2D eigenvalue weighted by atomic mass is 16.5. The zero-order valence-electron chi connectivity index (χ0n) is 15.9. The second-order valence-corrected chi connectivity index (χ2v) is 6.40. The van der Waals surface area contributed by atoms with Crippen molar-refractivity contribution < 1.29 is 14.3 Å². The van der Waals surface area contributed by atoms with Crippen molar-refractivity contribution >= 4 is 5.97 Å². The molecule has 1 atom stereocenters. The largest absolute Gasteiger partial charge is 0.493 e. The summed E-state index contributed by atoms with van der Waals surface area (Å²) in [6.07, 6.45) is 2.07. The molecule has 0 amide bonds. The van der Waals surface area contributed by atoms with Crippen LogP contribution in [0.3, 0.4) is 0 Å². The minimum Gasteiger partial charge on any atom is -0.493 e. The first-order valence-corrected chi connectivity index (χ1v) is 9.14. The van der Waals surface area contributed by atoms with E-state index in [0.29, 0.717) is 29.9 Å². The first kappa shape index (κ1) is 20.3. The molecule has 2 rings (SSSR count). The lowest BCUT2D eigenvalue weighted by Gasteiger charge is -2.17. The Morgan fingerprint density at radius 1 is 1.22 bits per heavy atom. The topological polar surface area (TPSA) is 59.3 Å². The smallest absolute Gasteiger partial charge is 0.333 e. The fraction of sp³-hybridized carbons (Fsp3) is 0.304. The monoisotopic (exact) mass is 363 g/mol. The standard InChI is InChI=1S/C23H25NO3/c1-4-20(27-23(25)17(2)3)11-8-14-26-22-15-18(16-24)12-13-21(22)19-9-6-5-7-10-19/h5-7,9-10,12-13,15,20H,2,4,8,11,14H2,1,3H3. The van der Waals surface area contributed by atoms with Crippen molar-refractivity contribution in [2.24, 2.45) is 0 Å². The molecular weight excluding hydrogens is 338 g/mol. The van der Waals surface area contributed by atoms with Crippen molar-refractivity contribution in [1.82, 2.24) is 0 Å². The molecule has 0 aliphatic heterocycles. The van der Waals surface area contributed by atoms with E-state index in [0.717, 1.165) is 24.0 Å². The second kappa shape index (κ2) is 10.2. The summed E-state index contributed by atoms with van der Waals surface area (Å²) in [4.78, 5) is 11.7. The Morgan fingerprint density at radius 2 is 1.96 bits per heavy atom. The lowest BCUT2D eigenvalue weighted by Crippen LogP contribution is -2.18. The highest BCUT2D eigenvalue weighted by molar-refractivity contribution is 5.87. The van der Waals surface area contributed by atoms with E-state index < -0.39 is 0 Å². The average molecular weight is 363 g/mol. The van der Waals surface area contributed by atoms with Crippen LogP contribution in [-0.2, 0) is 9.53 Å². The predicted octanol–water partition coefficient (Wildman–Crippen LogP) is 5.28. The molecule has 1 unspecified atom stereocenters. The molecule has 4 nitrogen and oxygen atoms in total. The molecule has 0 saturated carbocycles. The zero-order chi connectivity index (χ0) is 19.6. The third-order valence-corrected chi connectivity index (χ3v) is 4.20. The van der Waals surface area contributed by atoms with Crippen molar-refractivity contribution in [3.63, 3.8) is 0 Å². The predicted molar refractivity (Wildman–Crippen MR) is 106 cm³/mol. The van der Waals surface area contributed by atoms with Gasteiger partial charge in [-0.2, -0.15) is 5.26 Å². The highest BCUT2D eigenvalue weighted by Crippen LogP contribution is 2.31. The summed E-state index contributed by atoms with van der Waals surface area (Å²) in [6.45, 7) is 7.72. The van der Waals surface area contributed by atoms with Gasteiger partial charge in [0.05, 0.1) is 18.2 Å². The molecule has 0 aromatic heterocycles. The molecule has 0 spiro atoms. The Morgan fingerprint density at radius 3 is 2.59 bits per heavy atom. The SMILES string of the molecule is C=C(C)C(=O)OC(CC)CCCOc1cc(C#N)ccc1-c1ccccc1. The molecule has 0 aliphatic rings. The highest BCUT2D eigenvalue weighted by Gasteiger charge is 2.13. The van der Waals surface area contributed by atoms with E-state index in [1.165, 1.54) is 0 Å². The van der Waals surface area contributed by atoms with Crippen LogP contribution in [0.2, 0.25) is 0 Å². The van der Waals surface area contributed by atoms with Gasteiger partial charge in [-0.25, -0.2) is 4.79 Å². The van der Waals surface area contributed by atoms with Crippen molar-refractivity contribution in [1.29, 1.82) is 5.26 Å². The van der Waals surface area contributed by atoms with Gasteiger partial charge in [0.25, 0.3) is 0 Å². The van der Waals surface area contributed by atoms with Gasteiger partial charge in [0.15, 0.2) is 0 Å². The van der Waals surface area contributed by atoms with Gasteiger partial charge in [-0.3, -0.25) is 0 Å². The Balaban J connectivity index is 1.99. The van der Waals surface area contributed by atoms with Crippen LogP contribution in [0, 0.1) is 11.3 Å². The van der Waals surface area contributed by atoms with Crippen molar-refractivity contribution in [2.45, 2.75) is 39.2 Å². The molecule has 140 valence electrons. The fourth-order valence-electron chi connectivity index (χ4n) is 2.66. The van der Waals surface area contributed by atoms with Gasteiger partial charge in [0.2, 0.25) is 0 Å². The number of esters is 1. The number of rotatable bonds is 9. The average Bonchev–Trinajstić information content (AvgIpc) is 2.70. The van der Waals surface area contributed by atoms with Crippen LogP contribution in [0.1, 0.15) is 38.7 Å². The van der Waals surface area contributed by atoms with E-state index in [1.807, 2.05) is 43.3 Å². The molecule has 0 radical (unpaired) electrons. The van der Waals surface area contributed by atoms with Crippen molar-refractivity contribution in [3.05, 3.63) is 66.2 Å². The van der Waals surface area contributed by atoms with E-state index >= 15 is 0 Å². The maximum absolute atomic E-state index is 11.7. The number of nitrogens with zero attached hydrogens (tertiary/aromatic N) is 1. The van der Waals surface area contributed by atoms with Crippen LogP contribution in [-0.4, -0.2) is 18.7 Å². The Kier molecular flexibility index (Phi) is 7.63. The zero-order valence-corrected chi connectivity index (χ0v) is 15.9. The summed E-state index contributed by atoms with van der Waals surface area (Å²) in [5, 5.41) is 9.17. The van der Waals surface area contributed by atoms with Gasteiger partial charge in [-0.05, 0) is 49.9 Å². The summed E-state index contributed by atoms with van der Waals surface area (Å²) >= 11 is 0. The van der Waals surface area contributed by atoms with Crippen LogP contribution >= 0.6 is 0 Å². The van der Waals surface area contributed by atoms with E-state index in [9.17, 15) is 4.79 Å². The van der Waals surface area contributed by atoms with Crippen LogP contribution in [0.25, 0.3) is 11.1 Å². The number of carbonyl (C=O) groups excluding carboxylic acids is 1. The van der Waals surface area contributed by atoms with Crippen LogP contribution < -0.4 is 4.74 Å². The number of benzene rings is 2. The molecule has 0 fully saturated rings. The number of ether oxygens (including phenoxy) is 2. The molecule has 0 aliphatic carbocycles.